The predicted molar refractivity (Wildman–Crippen MR) is 105 cm³/mol. The van der Waals surface area contributed by atoms with E-state index in [9.17, 15) is 0 Å². The van der Waals surface area contributed by atoms with Crippen molar-refractivity contribution >= 4 is 34.2 Å². The van der Waals surface area contributed by atoms with Crippen LogP contribution in [0, 0.1) is 6.92 Å². The maximum absolute atomic E-state index is 6.22. The molecule has 4 rings (SSSR count). The molecule has 0 aliphatic carbocycles. The Balaban J connectivity index is 2.01. The number of hydrogen-bond acceptors (Lipinski definition) is 2. The van der Waals surface area contributed by atoms with Crippen LogP contribution in [0.1, 0.15) is 5.56 Å². The molecule has 4 aromatic rings. The van der Waals surface area contributed by atoms with Crippen LogP contribution in [0.25, 0.3) is 33.5 Å². The lowest BCUT2D eigenvalue weighted by atomic mass is 10.0. The first kappa shape index (κ1) is 16.1. The molecule has 0 radical (unpaired) electrons. The Hall–Kier alpha value is -2.42. The van der Waals surface area contributed by atoms with Gasteiger partial charge in [-0.3, -0.25) is 0 Å². The molecule has 1 aromatic heterocycles. The summed E-state index contributed by atoms with van der Waals surface area (Å²) in [6.07, 6.45) is 0. The number of aryl methyl sites for hydroxylation is 1. The van der Waals surface area contributed by atoms with Gasteiger partial charge in [0.15, 0.2) is 0 Å². The van der Waals surface area contributed by atoms with Gasteiger partial charge < -0.3 is 0 Å². The molecule has 1 heterocycles. The van der Waals surface area contributed by atoms with E-state index in [-0.39, 0.29) is 0 Å². The minimum Gasteiger partial charge on any atom is -0.244 e. The lowest BCUT2D eigenvalue weighted by Crippen LogP contribution is -1.95. The SMILES string of the molecule is Cc1ccc(-c2nc3ccccc3nc2-c2ccc(Cl)c(Cl)c2)cc1. The number of hydrogen-bond donors (Lipinski definition) is 0. The first-order valence-electron chi connectivity index (χ1n) is 7.91. The summed E-state index contributed by atoms with van der Waals surface area (Å²) in [5.41, 5.74) is 6.45. The van der Waals surface area contributed by atoms with Crippen LogP contribution in [0.5, 0.6) is 0 Å². The monoisotopic (exact) mass is 364 g/mol. The van der Waals surface area contributed by atoms with Crippen LogP contribution >= 0.6 is 23.2 Å². The van der Waals surface area contributed by atoms with Crippen LogP contribution in [0.4, 0.5) is 0 Å². The molecule has 0 amide bonds. The van der Waals surface area contributed by atoms with Gasteiger partial charge in [-0.05, 0) is 31.2 Å². The zero-order valence-electron chi connectivity index (χ0n) is 13.5. The van der Waals surface area contributed by atoms with Gasteiger partial charge in [0, 0.05) is 11.1 Å². The molecule has 0 atom stereocenters. The molecule has 0 N–H and O–H groups in total. The average Bonchev–Trinajstić information content (AvgIpc) is 2.63. The zero-order chi connectivity index (χ0) is 17.4. The summed E-state index contributed by atoms with van der Waals surface area (Å²) in [4.78, 5) is 9.72. The molecular formula is C21H14Cl2N2. The molecular weight excluding hydrogens is 351 g/mol. The first-order chi connectivity index (χ1) is 12.1. The zero-order valence-corrected chi connectivity index (χ0v) is 15.0. The number of aromatic nitrogens is 2. The summed E-state index contributed by atoms with van der Waals surface area (Å²) >= 11 is 12.3. The average molecular weight is 365 g/mol. The number of halogens is 2. The van der Waals surface area contributed by atoms with E-state index < -0.39 is 0 Å². The van der Waals surface area contributed by atoms with E-state index in [1.807, 2.05) is 36.4 Å². The van der Waals surface area contributed by atoms with Crippen LogP contribution in [-0.2, 0) is 0 Å². The number of rotatable bonds is 2. The van der Waals surface area contributed by atoms with Crippen molar-refractivity contribution in [2.45, 2.75) is 6.92 Å². The molecule has 3 aromatic carbocycles. The van der Waals surface area contributed by atoms with Gasteiger partial charge in [0.25, 0.3) is 0 Å². The number of nitrogens with zero attached hydrogens (tertiary/aromatic N) is 2. The highest BCUT2D eigenvalue weighted by Crippen LogP contribution is 2.34. The van der Waals surface area contributed by atoms with Crippen molar-refractivity contribution < 1.29 is 0 Å². The molecule has 0 fully saturated rings. The molecule has 122 valence electrons. The van der Waals surface area contributed by atoms with Crippen molar-refractivity contribution in [1.29, 1.82) is 0 Å². The fourth-order valence-electron chi connectivity index (χ4n) is 2.76. The first-order valence-corrected chi connectivity index (χ1v) is 8.67. The van der Waals surface area contributed by atoms with E-state index in [0.29, 0.717) is 10.0 Å². The summed E-state index contributed by atoms with van der Waals surface area (Å²) in [5, 5.41) is 1.03. The Labute approximate surface area is 156 Å². The van der Waals surface area contributed by atoms with Gasteiger partial charge >= 0.3 is 0 Å². The Kier molecular flexibility index (Phi) is 4.16. The lowest BCUT2D eigenvalue weighted by molar-refractivity contribution is 1.29. The van der Waals surface area contributed by atoms with E-state index in [1.54, 1.807) is 6.07 Å². The van der Waals surface area contributed by atoms with E-state index >= 15 is 0 Å². The molecule has 0 saturated heterocycles. The molecule has 0 bridgehead atoms. The quantitative estimate of drug-likeness (QED) is 0.401. The second-order valence-electron chi connectivity index (χ2n) is 5.90. The minimum absolute atomic E-state index is 0.504. The fourth-order valence-corrected chi connectivity index (χ4v) is 3.06. The Morgan fingerprint density at radius 3 is 1.80 bits per heavy atom. The summed E-state index contributed by atoms with van der Waals surface area (Å²) < 4.78 is 0. The Morgan fingerprint density at radius 2 is 1.20 bits per heavy atom. The number of benzene rings is 3. The van der Waals surface area contributed by atoms with Crippen LogP contribution < -0.4 is 0 Å². The normalized spacial score (nSPS) is 11.0. The maximum Gasteiger partial charge on any atom is 0.0973 e. The topological polar surface area (TPSA) is 25.8 Å². The molecule has 0 aliphatic heterocycles. The molecule has 0 spiro atoms. The van der Waals surface area contributed by atoms with Crippen LogP contribution in [0.2, 0.25) is 10.0 Å². The molecule has 25 heavy (non-hydrogen) atoms. The molecule has 4 heteroatoms. The van der Waals surface area contributed by atoms with Crippen LogP contribution in [0.15, 0.2) is 66.7 Å². The second kappa shape index (κ2) is 6.47. The third-order valence-electron chi connectivity index (χ3n) is 4.09. The van der Waals surface area contributed by atoms with Crippen molar-refractivity contribution in [2.24, 2.45) is 0 Å². The van der Waals surface area contributed by atoms with Crippen molar-refractivity contribution in [3.63, 3.8) is 0 Å². The lowest BCUT2D eigenvalue weighted by Gasteiger charge is -2.11. The highest BCUT2D eigenvalue weighted by Gasteiger charge is 2.14. The van der Waals surface area contributed by atoms with Gasteiger partial charge in [-0.1, -0.05) is 71.2 Å². The largest absolute Gasteiger partial charge is 0.244 e. The van der Waals surface area contributed by atoms with Gasteiger partial charge in [0.2, 0.25) is 0 Å². The molecule has 0 saturated carbocycles. The summed E-state index contributed by atoms with van der Waals surface area (Å²) in [5.74, 6) is 0. The second-order valence-corrected chi connectivity index (χ2v) is 6.72. The third-order valence-corrected chi connectivity index (χ3v) is 4.83. The predicted octanol–water partition coefficient (Wildman–Crippen LogP) is 6.58. The van der Waals surface area contributed by atoms with Gasteiger partial charge in [-0.25, -0.2) is 9.97 Å². The summed E-state index contributed by atoms with van der Waals surface area (Å²) in [7, 11) is 0. The maximum atomic E-state index is 6.22. The fraction of sp³-hybridized carbons (Fsp3) is 0.0476. The van der Waals surface area contributed by atoms with Gasteiger partial charge in [0.1, 0.15) is 0 Å². The summed E-state index contributed by atoms with van der Waals surface area (Å²) in [6.45, 7) is 2.07. The molecule has 2 nitrogen and oxygen atoms in total. The van der Waals surface area contributed by atoms with Crippen molar-refractivity contribution in [2.75, 3.05) is 0 Å². The Morgan fingerprint density at radius 1 is 0.640 bits per heavy atom. The smallest absolute Gasteiger partial charge is 0.0973 e. The van der Waals surface area contributed by atoms with Crippen molar-refractivity contribution in [1.82, 2.24) is 9.97 Å². The van der Waals surface area contributed by atoms with Gasteiger partial charge in [-0.2, -0.15) is 0 Å². The van der Waals surface area contributed by atoms with Gasteiger partial charge in [0.05, 0.1) is 32.5 Å². The van der Waals surface area contributed by atoms with E-state index in [1.165, 1.54) is 5.56 Å². The van der Waals surface area contributed by atoms with Crippen molar-refractivity contribution in [3.05, 3.63) is 82.3 Å². The molecule has 0 unspecified atom stereocenters. The highest BCUT2D eigenvalue weighted by atomic mass is 35.5. The van der Waals surface area contributed by atoms with E-state index in [4.69, 9.17) is 33.2 Å². The van der Waals surface area contributed by atoms with Gasteiger partial charge in [-0.15, -0.1) is 0 Å². The van der Waals surface area contributed by atoms with Crippen LogP contribution in [0.3, 0.4) is 0 Å². The highest BCUT2D eigenvalue weighted by molar-refractivity contribution is 6.42. The van der Waals surface area contributed by atoms with E-state index in [0.717, 1.165) is 33.5 Å². The number of fused-ring (bicyclic) bond motifs is 1. The van der Waals surface area contributed by atoms with Crippen molar-refractivity contribution in [3.8, 4) is 22.5 Å². The standard InChI is InChI=1S/C21H14Cl2N2/c1-13-6-8-14(9-7-13)20-21(15-10-11-16(22)17(23)12-15)25-19-5-3-2-4-18(19)24-20/h2-12H,1H3. The number of para-hydroxylation sites is 2. The third kappa shape index (κ3) is 3.11. The van der Waals surface area contributed by atoms with E-state index in [2.05, 4.69) is 31.2 Å². The minimum atomic E-state index is 0.504. The Bertz CT molecular complexity index is 1070. The molecule has 0 aliphatic rings. The van der Waals surface area contributed by atoms with Crippen LogP contribution in [-0.4, -0.2) is 9.97 Å². The summed E-state index contributed by atoms with van der Waals surface area (Å²) in [6, 6.07) is 21.7.